The predicted molar refractivity (Wildman–Crippen MR) is 112 cm³/mol. The lowest BCUT2D eigenvalue weighted by Gasteiger charge is -2.17. The zero-order valence-electron chi connectivity index (χ0n) is 17.1. The first-order valence-electron chi connectivity index (χ1n) is 8.92. The van der Waals surface area contributed by atoms with Crippen molar-refractivity contribution in [1.82, 2.24) is 0 Å². The number of hydrogen-bond acceptors (Lipinski definition) is 6. The van der Waals surface area contributed by atoms with Crippen LogP contribution in [0.2, 0.25) is 0 Å². The predicted octanol–water partition coefficient (Wildman–Crippen LogP) is 4.77. The monoisotopic (exact) mass is 396 g/mol. The molecule has 6 nitrogen and oxygen atoms in total. The third-order valence-electron chi connectivity index (χ3n) is 4.72. The number of ether oxygens (including phenoxy) is 5. The standard InChI is InChI=1S/C23H24O6/c1-25-14-6-8-16(21(10-14)27-3)18-13-23(29-5)19(12-20(18)24)17-9-7-15(26-2)11-22(17)28-4/h6-13,24H,1-5H3. The van der Waals surface area contributed by atoms with Gasteiger partial charge in [-0.25, -0.2) is 0 Å². The van der Waals surface area contributed by atoms with Gasteiger partial charge in [0.25, 0.3) is 0 Å². The summed E-state index contributed by atoms with van der Waals surface area (Å²) in [5.74, 6) is 3.19. The van der Waals surface area contributed by atoms with Crippen LogP contribution in [-0.2, 0) is 0 Å². The van der Waals surface area contributed by atoms with Crippen LogP contribution in [0.5, 0.6) is 34.5 Å². The maximum Gasteiger partial charge on any atom is 0.130 e. The number of methoxy groups -OCH3 is 5. The summed E-state index contributed by atoms with van der Waals surface area (Å²) >= 11 is 0. The van der Waals surface area contributed by atoms with Crippen molar-refractivity contribution < 1.29 is 28.8 Å². The first-order valence-corrected chi connectivity index (χ1v) is 8.92. The Morgan fingerprint density at radius 1 is 0.483 bits per heavy atom. The van der Waals surface area contributed by atoms with Gasteiger partial charge in [0.15, 0.2) is 0 Å². The molecule has 0 radical (unpaired) electrons. The highest BCUT2D eigenvalue weighted by Gasteiger charge is 2.19. The Bertz CT molecular complexity index is 1010. The molecule has 0 aliphatic rings. The van der Waals surface area contributed by atoms with Gasteiger partial charge in [0, 0.05) is 34.4 Å². The van der Waals surface area contributed by atoms with Crippen molar-refractivity contribution in [2.45, 2.75) is 0 Å². The first kappa shape index (κ1) is 20.2. The molecular formula is C23H24O6. The maximum absolute atomic E-state index is 10.8. The van der Waals surface area contributed by atoms with Crippen LogP contribution in [0.4, 0.5) is 0 Å². The molecule has 6 heteroatoms. The molecule has 0 bridgehead atoms. The topological polar surface area (TPSA) is 66.4 Å². The van der Waals surface area contributed by atoms with Crippen LogP contribution in [0.1, 0.15) is 0 Å². The third-order valence-corrected chi connectivity index (χ3v) is 4.72. The molecule has 3 aromatic rings. The molecule has 29 heavy (non-hydrogen) atoms. The molecule has 0 saturated heterocycles. The maximum atomic E-state index is 10.8. The van der Waals surface area contributed by atoms with Crippen LogP contribution in [-0.4, -0.2) is 40.7 Å². The van der Waals surface area contributed by atoms with E-state index in [1.54, 1.807) is 59.8 Å². The van der Waals surface area contributed by atoms with Crippen LogP contribution in [0.15, 0.2) is 48.5 Å². The van der Waals surface area contributed by atoms with Gasteiger partial charge in [-0.1, -0.05) is 0 Å². The Morgan fingerprint density at radius 3 is 1.38 bits per heavy atom. The highest BCUT2D eigenvalue weighted by atomic mass is 16.5. The van der Waals surface area contributed by atoms with Crippen LogP contribution < -0.4 is 23.7 Å². The van der Waals surface area contributed by atoms with Gasteiger partial charge in [-0.15, -0.1) is 0 Å². The minimum atomic E-state index is 0.0853. The lowest BCUT2D eigenvalue weighted by atomic mass is 9.96. The van der Waals surface area contributed by atoms with Crippen LogP contribution in [0.25, 0.3) is 22.3 Å². The largest absolute Gasteiger partial charge is 0.507 e. The van der Waals surface area contributed by atoms with E-state index in [1.165, 1.54) is 0 Å². The zero-order chi connectivity index (χ0) is 21.0. The number of phenols is 1. The van der Waals surface area contributed by atoms with Crippen molar-refractivity contribution in [2.24, 2.45) is 0 Å². The fourth-order valence-electron chi connectivity index (χ4n) is 3.21. The van der Waals surface area contributed by atoms with E-state index in [-0.39, 0.29) is 5.75 Å². The van der Waals surface area contributed by atoms with E-state index in [9.17, 15) is 5.11 Å². The van der Waals surface area contributed by atoms with E-state index in [0.29, 0.717) is 39.9 Å². The summed E-state index contributed by atoms with van der Waals surface area (Å²) in [6, 6.07) is 14.3. The molecule has 0 fully saturated rings. The van der Waals surface area contributed by atoms with Crippen molar-refractivity contribution in [2.75, 3.05) is 35.5 Å². The Hall–Kier alpha value is -3.54. The number of hydrogen-bond donors (Lipinski definition) is 1. The van der Waals surface area contributed by atoms with Crippen molar-refractivity contribution >= 4 is 0 Å². The normalized spacial score (nSPS) is 10.4. The minimum absolute atomic E-state index is 0.0853. The second-order valence-corrected chi connectivity index (χ2v) is 6.20. The lowest BCUT2D eigenvalue weighted by molar-refractivity contribution is 0.393. The van der Waals surface area contributed by atoms with E-state index in [1.807, 2.05) is 24.3 Å². The first-order chi connectivity index (χ1) is 14.1. The molecule has 0 aromatic heterocycles. The summed E-state index contributed by atoms with van der Waals surface area (Å²) in [6.07, 6.45) is 0. The van der Waals surface area contributed by atoms with E-state index in [0.717, 1.165) is 11.1 Å². The number of phenolic OH excluding ortho intramolecular Hbond substituents is 1. The second kappa shape index (κ2) is 8.65. The van der Waals surface area contributed by atoms with Crippen molar-refractivity contribution in [3.8, 4) is 56.8 Å². The van der Waals surface area contributed by atoms with Gasteiger partial charge in [-0.2, -0.15) is 0 Å². The molecule has 0 saturated carbocycles. The quantitative estimate of drug-likeness (QED) is 0.621. The summed E-state index contributed by atoms with van der Waals surface area (Å²) in [4.78, 5) is 0. The van der Waals surface area contributed by atoms with Gasteiger partial charge >= 0.3 is 0 Å². The smallest absolute Gasteiger partial charge is 0.130 e. The van der Waals surface area contributed by atoms with Gasteiger partial charge < -0.3 is 28.8 Å². The SMILES string of the molecule is COc1ccc(-c2cc(OC)c(-c3ccc(OC)cc3OC)cc2O)c(OC)c1. The lowest BCUT2D eigenvalue weighted by Crippen LogP contribution is -1.95. The van der Waals surface area contributed by atoms with Crippen molar-refractivity contribution in [1.29, 1.82) is 0 Å². The molecule has 0 aliphatic carbocycles. The van der Waals surface area contributed by atoms with Crippen LogP contribution in [0, 0.1) is 0 Å². The van der Waals surface area contributed by atoms with Crippen molar-refractivity contribution in [3.05, 3.63) is 48.5 Å². The zero-order valence-corrected chi connectivity index (χ0v) is 17.1. The van der Waals surface area contributed by atoms with Gasteiger partial charge in [-0.05, 0) is 36.4 Å². The average molecular weight is 396 g/mol. The average Bonchev–Trinajstić information content (AvgIpc) is 2.77. The molecule has 1 N–H and O–H groups in total. The van der Waals surface area contributed by atoms with E-state index >= 15 is 0 Å². The van der Waals surface area contributed by atoms with E-state index < -0.39 is 0 Å². The Balaban J connectivity index is 2.17. The van der Waals surface area contributed by atoms with Crippen LogP contribution in [0.3, 0.4) is 0 Å². The number of benzene rings is 3. The van der Waals surface area contributed by atoms with E-state index in [4.69, 9.17) is 23.7 Å². The molecule has 0 atom stereocenters. The molecule has 3 rings (SSSR count). The minimum Gasteiger partial charge on any atom is -0.507 e. The molecule has 0 spiro atoms. The summed E-state index contributed by atoms with van der Waals surface area (Å²) in [5, 5.41) is 10.8. The third kappa shape index (κ3) is 3.87. The summed E-state index contributed by atoms with van der Waals surface area (Å²) < 4.78 is 27.1. The summed E-state index contributed by atoms with van der Waals surface area (Å²) in [5.41, 5.74) is 2.77. The molecule has 152 valence electrons. The molecule has 0 heterocycles. The van der Waals surface area contributed by atoms with Gasteiger partial charge in [0.1, 0.15) is 34.5 Å². The molecule has 0 unspecified atom stereocenters. The fourth-order valence-corrected chi connectivity index (χ4v) is 3.21. The van der Waals surface area contributed by atoms with Gasteiger partial charge in [-0.3, -0.25) is 0 Å². The highest BCUT2D eigenvalue weighted by molar-refractivity contribution is 5.85. The number of aromatic hydroxyl groups is 1. The Morgan fingerprint density at radius 2 is 0.931 bits per heavy atom. The van der Waals surface area contributed by atoms with Gasteiger partial charge in [0.05, 0.1) is 35.5 Å². The number of rotatable bonds is 7. The highest BCUT2D eigenvalue weighted by Crippen LogP contribution is 2.46. The molecule has 3 aromatic carbocycles. The molecule has 0 amide bonds. The van der Waals surface area contributed by atoms with Crippen molar-refractivity contribution in [3.63, 3.8) is 0 Å². The summed E-state index contributed by atoms with van der Waals surface area (Å²) in [7, 11) is 7.93. The second-order valence-electron chi connectivity index (χ2n) is 6.20. The molecular weight excluding hydrogens is 372 g/mol. The van der Waals surface area contributed by atoms with Gasteiger partial charge in [0.2, 0.25) is 0 Å². The van der Waals surface area contributed by atoms with Crippen LogP contribution >= 0.6 is 0 Å². The van der Waals surface area contributed by atoms with E-state index in [2.05, 4.69) is 0 Å². The summed E-state index contributed by atoms with van der Waals surface area (Å²) in [6.45, 7) is 0. The fraction of sp³-hybridized carbons (Fsp3) is 0.217. The Labute approximate surface area is 170 Å². The Kier molecular flexibility index (Phi) is 6.02. The molecule has 0 aliphatic heterocycles.